The maximum atomic E-state index is 13.9. The van der Waals surface area contributed by atoms with E-state index in [1.165, 1.54) is 16.7 Å². The number of rotatable bonds is 1. The van der Waals surface area contributed by atoms with E-state index >= 15 is 0 Å². The number of hydrogen-bond acceptors (Lipinski definition) is 3. The molecule has 1 aromatic carbocycles. The minimum atomic E-state index is -0.718. The summed E-state index contributed by atoms with van der Waals surface area (Å²) in [6.45, 7) is 1.54. The van der Waals surface area contributed by atoms with Crippen LogP contribution < -0.4 is 0 Å². The van der Waals surface area contributed by atoms with Gasteiger partial charge in [0.2, 0.25) is 0 Å². The molecule has 98 valence electrons. The van der Waals surface area contributed by atoms with E-state index in [0.717, 1.165) is 6.07 Å². The van der Waals surface area contributed by atoms with E-state index in [2.05, 4.69) is 10.2 Å². The monoisotopic (exact) mass is 270 g/mol. The molecule has 0 radical (unpaired) electrons. The van der Waals surface area contributed by atoms with Gasteiger partial charge >= 0.3 is 0 Å². The standard InChI is InChI=1S/C14H8F2N4/c1-8-4-10(12(16)5-11(8)15)14-19-18-13-3-2-9(6-17)7-20(13)14/h2-5,7H,1H3. The van der Waals surface area contributed by atoms with Crippen molar-refractivity contribution >= 4 is 5.65 Å². The molecular formula is C14H8F2N4. The van der Waals surface area contributed by atoms with E-state index in [1.54, 1.807) is 19.1 Å². The summed E-state index contributed by atoms with van der Waals surface area (Å²) < 4.78 is 28.7. The maximum Gasteiger partial charge on any atom is 0.171 e. The molecule has 3 rings (SSSR count). The Bertz CT molecular complexity index is 861. The first-order chi connectivity index (χ1) is 9.60. The van der Waals surface area contributed by atoms with E-state index in [4.69, 9.17) is 5.26 Å². The van der Waals surface area contributed by atoms with E-state index in [9.17, 15) is 8.78 Å². The highest BCUT2D eigenvalue weighted by molar-refractivity contribution is 5.61. The van der Waals surface area contributed by atoms with Gasteiger partial charge in [0, 0.05) is 12.3 Å². The van der Waals surface area contributed by atoms with Crippen molar-refractivity contribution in [1.29, 1.82) is 5.26 Å². The van der Waals surface area contributed by atoms with Crippen LogP contribution in [0.15, 0.2) is 30.5 Å². The Morgan fingerprint density at radius 3 is 2.70 bits per heavy atom. The fourth-order valence-corrected chi connectivity index (χ4v) is 1.97. The predicted molar refractivity (Wildman–Crippen MR) is 67.8 cm³/mol. The molecule has 0 aliphatic heterocycles. The van der Waals surface area contributed by atoms with Crippen molar-refractivity contribution in [2.75, 3.05) is 0 Å². The highest BCUT2D eigenvalue weighted by Gasteiger charge is 2.15. The van der Waals surface area contributed by atoms with Gasteiger partial charge in [-0.2, -0.15) is 5.26 Å². The summed E-state index contributed by atoms with van der Waals surface area (Å²) in [5.74, 6) is -1.10. The molecule has 0 bridgehead atoms. The second-order valence-electron chi connectivity index (χ2n) is 4.36. The Morgan fingerprint density at radius 2 is 1.95 bits per heavy atom. The van der Waals surface area contributed by atoms with Crippen molar-refractivity contribution in [1.82, 2.24) is 14.6 Å². The largest absolute Gasteiger partial charge is 0.281 e. The molecule has 6 heteroatoms. The van der Waals surface area contributed by atoms with Gasteiger partial charge in [-0.3, -0.25) is 4.40 Å². The third-order valence-electron chi connectivity index (χ3n) is 3.02. The van der Waals surface area contributed by atoms with Crippen LogP contribution in [0, 0.1) is 29.9 Å². The Kier molecular flexibility index (Phi) is 2.68. The van der Waals surface area contributed by atoms with Crippen molar-refractivity contribution in [2.45, 2.75) is 6.92 Å². The number of hydrogen-bond donors (Lipinski definition) is 0. The summed E-state index contributed by atoms with van der Waals surface area (Å²) in [5.41, 5.74) is 1.35. The lowest BCUT2D eigenvalue weighted by Crippen LogP contribution is -1.96. The summed E-state index contributed by atoms with van der Waals surface area (Å²) in [5, 5.41) is 16.7. The van der Waals surface area contributed by atoms with Crippen molar-refractivity contribution in [2.24, 2.45) is 0 Å². The van der Waals surface area contributed by atoms with Gasteiger partial charge in [-0.25, -0.2) is 8.78 Å². The Labute approximate surface area is 112 Å². The topological polar surface area (TPSA) is 54.0 Å². The van der Waals surface area contributed by atoms with Crippen LogP contribution in [-0.2, 0) is 0 Å². The van der Waals surface area contributed by atoms with Gasteiger partial charge in [-0.05, 0) is 30.7 Å². The highest BCUT2D eigenvalue weighted by atomic mass is 19.1. The first-order valence-corrected chi connectivity index (χ1v) is 5.81. The molecule has 0 aliphatic rings. The van der Waals surface area contributed by atoms with Gasteiger partial charge in [0.1, 0.15) is 17.7 Å². The molecule has 0 N–H and O–H groups in total. The molecule has 0 saturated carbocycles. The molecule has 0 fully saturated rings. The van der Waals surface area contributed by atoms with Crippen LogP contribution in [0.25, 0.3) is 17.0 Å². The van der Waals surface area contributed by atoms with Gasteiger partial charge in [-0.1, -0.05) is 0 Å². The first-order valence-electron chi connectivity index (χ1n) is 5.81. The third kappa shape index (κ3) is 1.80. The molecule has 2 heterocycles. The summed E-state index contributed by atoms with van der Waals surface area (Å²) in [7, 11) is 0. The van der Waals surface area contributed by atoms with Crippen LogP contribution >= 0.6 is 0 Å². The fraction of sp³-hybridized carbons (Fsp3) is 0.0714. The van der Waals surface area contributed by atoms with Crippen LogP contribution in [-0.4, -0.2) is 14.6 Å². The van der Waals surface area contributed by atoms with Crippen LogP contribution in [0.4, 0.5) is 8.78 Å². The maximum absolute atomic E-state index is 13.9. The second-order valence-corrected chi connectivity index (χ2v) is 4.36. The van der Waals surface area contributed by atoms with Gasteiger partial charge in [0.25, 0.3) is 0 Å². The van der Waals surface area contributed by atoms with E-state index in [-0.39, 0.29) is 11.4 Å². The number of nitriles is 1. The van der Waals surface area contributed by atoms with Gasteiger partial charge < -0.3 is 0 Å². The Morgan fingerprint density at radius 1 is 1.15 bits per heavy atom. The number of benzene rings is 1. The molecule has 0 aliphatic carbocycles. The van der Waals surface area contributed by atoms with Crippen molar-refractivity contribution < 1.29 is 8.78 Å². The smallest absolute Gasteiger partial charge is 0.171 e. The van der Waals surface area contributed by atoms with Crippen LogP contribution in [0.1, 0.15) is 11.1 Å². The first kappa shape index (κ1) is 12.2. The van der Waals surface area contributed by atoms with E-state index < -0.39 is 11.6 Å². The lowest BCUT2D eigenvalue weighted by atomic mass is 10.1. The van der Waals surface area contributed by atoms with E-state index in [0.29, 0.717) is 16.8 Å². The molecule has 0 amide bonds. The Hall–Kier alpha value is -2.81. The van der Waals surface area contributed by atoms with Crippen molar-refractivity contribution in [3.8, 4) is 17.5 Å². The lowest BCUT2D eigenvalue weighted by molar-refractivity contribution is 0.579. The third-order valence-corrected chi connectivity index (χ3v) is 3.02. The van der Waals surface area contributed by atoms with Crippen molar-refractivity contribution in [3.05, 3.63) is 53.2 Å². The summed E-state index contributed by atoms with van der Waals surface area (Å²) in [6.07, 6.45) is 1.52. The Balaban J connectivity index is 2.30. The van der Waals surface area contributed by atoms with Crippen molar-refractivity contribution in [3.63, 3.8) is 0 Å². The molecule has 0 unspecified atom stereocenters. The number of aromatic nitrogens is 3. The summed E-state index contributed by atoms with van der Waals surface area (Å²) in [4.78, 5) is 0. The van der Waals surface area contributed by atoms with Gasteiger partial charge in [0.05, 0.1) is 11.1 Å². The molecule has 0 saturated heterocycles. The number of aryl methyl sites for hydroxylation is 1. The summed E-state index contributed by atoms with van der Waals surface area (Å²) >= 11 is 0. The molecule has 2 aromatic heterocycles. The van der Waals surface area contributed by atoms with Gasteiger partial charge in [-0.15, -0.1) is 10.2 Å². The predicted octanol–water partition coefficient (Wildman–Crippen LogP) is 2.85. The molecule has 20 heavy (non-hydrogen) atoms. The quantitative estimate of drug-likeness (QED) is 0.683. The number of halogens is 2. The average Bonchev–Trinajstić information content (AvgIpc) is 2.85. The molecule has 0 spiro atoms. The fourth-order valence-electron chi connectivity index (χ4n) is 1.97. The highest BCUT2D eigenvalue weighted by Crippen LogP contribution is 2.24. The molecule has 4 nitrogen and oxygen atoms in total. The molecule has 0 atom stereocenters. The van der Waals surface area contributed by atoms with Gasteiger partial charge in [0.15, 0.2) is 11.5 Å². The van der Waals surface area contributed by atoms with E-state index in [1.807, 2.05) is 6.07 Å². The number of fused-ring (bicyclic) bond motifs is 1. The average molecular weight is 270 g/mol. The minimum Gasteiger partial charge on any atom is -0.281 e. The SMILES string of the molecule is Cc1cc(-c2nnc3ccc(C#N)cn23)c(F)cc1F. The van der Waals surface area contributed by atoms with Crippen LogP contribution in [0.5, 0.6) is 0 Å². The zero-order valence-corrected chi connectivity index (χ0v) is 10.4. The second kappa shape index (κ2) is 4.38. The molecular weight excluding hydrogens is 262 g/mol. The zero-order valence-electron chi connectivity index (χ0n) is 10.4. The van der Waals surface area contributed by atoms with Crippen LogP contribution in [0.3, 0.4) is 0 Å². The number of nitrogens with zero attached hydrogens (tertiary/aromatic N) is 4. The zero-order chi connectivity index (χ0) is 14.3. The lowest BCUT2D eigenvalue weighted by Gasteiger charge is -2.04. The number of pyridine rings is 1. The summed E-state index contributed by atoms with van der Waals surface area (Å²) in [6, 6.07) is 7.40. The minimum absolute atomic E-state index is 0.145. The normalized spacial score (nSPS) is 10.7. The van der Waals surface area contributed by atoms with Crippen LogP contribution in [0.2, 0.25) is 0 Å². The molecule has 3 aromatic rings.